The minimum atomic E-state index is -1.22. The summed E-state index contributed by atoms with van der Waals surface area (Å²) in [4.78, 5) is 38.7. The Morgan fingerprint density at radius 1 is 1.03 bits per heavy atom. The number of fused-ring (bicyclic) bond motifs is 3. The van der Waals surface area contributed by atoms with Crippen LogP contribution in [0.1, 0.15) is 28.8 Å². The van der Waals surface area contributed by atoms with Gasteiger partial charge in [-0.25, -0.2) is 0 Å². The van der Waals surface area contributed by atoms with E-state index in [9.17, 15) is 14.4 Å². The molecule has 0 N–H and O–H groups in total. The monoisotopic (exact) mass is 466 g/mol. The lowest BCUT2D eigenvalue weighted by atomic mass is 9.72. The number of Topliss-reactive ketones (excluding diaryl/α,β-unsaturated/α-hetero) is 1. The summed E-state index contributed by atoms with van der Waals surface area (Å²) in [5.41, 5.74) is 1.19. The van der Waals surface area contributed by atoms with Crippen LogP contribution in [0.4, 0.5) is 0 Å². The van der Waals surface area contributed by atoms with Gasteiger partial charge in [0.2, 0.25) is 0 Å². The van der Waals surface area contributed by atoms with Crippen molar-refractivity contribution in [3.63, 3.8) is 0 Å². The molecule has 6 heteroatoms. The Kier molecular flexibility index (Phi) is 5.43. The van der Waals surface area contributed by atoms with E-state index in [0.29, 0.717) is 16.9 Å². The van der Waals surface area contributed by atoms with Crippen molar-refractivity contribution in [1.29, 1.82) is 0 Å². The van der Waals surface area contributed by atoms with Crippen LogP contribution in [0.25, 0.3) is 10.8 Å². The lowest BCUT2D eigenvalue weighted by Gasteiger charge is -2.34. The van der Waals surface area contributed by atoms with E-state index in [1.54, 1.807) is 37.3 Å². The Morgan fingerprint density at radius 3 is 2.43 bits per heavy atom. The van der Waals surface area contributed by atoms with Crippen molar-refractivity contribution in [1.82, 2.24) is 0 Å². The van der Waals surface area contributed by atoms with Crippen LogP contribution in [0.3, 0.4) is 0 Å². The van der Waals surface area contributed by atoms with Crippen molar-refractivity contribution < 1.29 is 23.9 Å². The summed E-state index contributed by atoms with van der Waals surface area (Å²) in [6.07, 6.45) is 0. The third kappa shape index (κ3) is 3.41. The molecule has 0 spiro atoms. The summed E-state index contributed by atoms with van der Waals surface area (Å²) < 4.78 is 11.3. The predicted octanol–water partition coefficient (Wildman–Crippen LogP) is 4.91. The summed E-state index contributed by atoms with van der Waals surface area (Å²) in [6, 6.07) is 18.2. The number of halogens is 1. The number of rotatable bonds is 4. The number of methoxy groups -OCH3 is 1. The lowest BCUT2D eigenvalue weighted by Crippen LogP contribution is -2.42. The van der Waals surface area contributed by atoms with Gasteiger partial charge in [0.15, 0.2) is 11.7 Å². The van der Waals surface area contributed by atoms with E-state index >= 15 is 0 Å². The number of hydrogen-bond donors (Lipinski definition) is 0. The van der Waals surface area contributed by atoms with Crippen LogP contribution >= 0.6 is 15.9 Å². The van der Waals surface area contributed by atoms with Crippen LogP contribution in [0.5, 0.6) is 5.75 Å². The zero-order valence-electron chi connectivity index (χ0n) is 16.4. The largest absolute Gasteiger partial charge is 0.468 e. The molecule has 3 atom stereocenters. The SMILES string of the molecule is COC(=O)[C@@H]1C(=O)Oc2ccc3ccccc3c2[C@@H]1[C@@H](C)C(=O)c1ccc(Br)cc1. The zero-order valence-corrected chi connectivity index (χ0v) is 18.0. The van der Waals surface area contributed by atoms with Crippen molar-refractivity contribution in [2.75, 3.05) is 7.11 Å². The fraction of sp³-hybridized carbons (Fsp3) is 0.208. The van der Waals surface area contributed by atoms with Crippen LogP contribution in [-0.4, -0.2) is 24.8 Å². The summed E-state index contributed by atoms with van der Waals surface area (Å²) in [5, 5.41) is 1.78. The maximum absolute atomic E-state index is 13.3. The van der Waals surface area contributed by atoms with Gasteiger partial charge in [-0.15, -0.1) is 0 Å². The second-order valence-corrected chi connectivity index (χ2v) is 8.22. The molecule has 1 aliphatic heterocycles. The van der Waals surface area contributed by atoms with E-state index in [2.05, 4.69) is 15.9 Å². The number of hydrogen-bond acceptors (Lipinski definition) is 5. The van der Waals surface area contributed by atoms with E-state index < -0.39 is 29.7 Å². The molecule has 0 saturated heterocycles. The molecule has 0 aliphatic carbocycles. The van der Waals surface area contributed by atoms with Gasteiger partial charge in [0, 0.05) is 27.4 Å². The van der Waals surface area contributed by atoms with Crippen molar-refractivity contribution in [3.05, 3.63) is 76.3 Å². The maximum Gasteiger partial charge on any atom is 0.326 e. The topological polar surface area (TPSA) is 69.7 Å². The summed E-state index contributed by atoms with van der Waals surface area (Å²) in [6.45, 7) is 1.75. The average molecular weight is 467 g/mol. The lowest BCUT2D eigenvalue weighted by molar-refractivity contribution is -0.158. The molecule has 0 saturated carbocycles. The Hall–Kier alpha value is -2.99. The smallest absolute Gasteiger partial charge is 0.326 e. The fourth-order valence-electron chi connectivity index (χ4n) is 4.14. The van der Waals surface area contributed by atoms with Crippen LogP contribution in [0.15, 0.2) is 65.1 Å². The molecule has 0 amide bonds. The first kappa shape index (κ1) is 20.3. The maximum atomic E-state index is 13.3. The van der Waals surface area contributed by atoms with Gasteiger partial charge in [-0.2, -0.15) is 0 Å². The first-order valence-corrected chi connectivity index (χ1v) is 10.3. The fourth-order valence-corrected chi connectivity index (χ4v) is 4.41. The van der Waals surface area contributed by atoms with E-state index in [4.69, 9.17) is 9.47 Å². The van der Waals surface area contributed by atoms with Crippen molar-refractivity contribution >= 4 is 44.4 Å². The van der Waals surface area contributed by atoms with E-state index in [-0.39, 0.29) is 5.78 Å². The molecule has 30 heavy (non-hydrogen) atoms. The van der Waals surface area contributed by atoms with Gasteiger partial charge < -0.3 is 9.47 Å². The first-order valence-electron chi connectivity index (χ1n) is 9.53. The van der Waals surface area contributed by atoms with Crippen LogP contribution in [0, 0.1) is 11.8 Å². The van der Waals surface area contributed by atoms with Gasteiger partial charge >= 0.3 is 11.9 Å². The third-order valence-electron chi connectivity index (χ3n) is 5.62. The number of benzene rings is 3. The minimum Gasteiger partial charge on any atom is -0.468 e. The standard InChI is InChI=1S/C24H19BrO5/c1-13(22(26)15-7-10-16(25)11-8-15)19-20-17-6-4-3-5-14(17)9-12-18(20)30-24(28)21(19)23(27)29-2/h3-13,19,21H,1-2H3/t13-,19+,21-/m1/s1. The highest BCUT2D eigenvalue weighted by Gasteiger charge is 2.48. The number of ether oxygens (including phenoxy) is 2. The molecule has 1 heterocycles. The summed E-state index contributed by atoms with van der Waals surface area (Å²) in [7, 11) is 1.23. The van der Waals surface area contributed by atoms with Crippen molar-refractivity contribution in [3.8, 4) is 5.75 Å². The summed E-state index contributed by atoms with van der Waals surface area (Å²) in [5.74, 6) is -3.79. The third-order valence-corrected chi connectivity index (χ3v) is 6.15. The highest BCUT2D eigenvalue weighted by atomic mass is 79.9. The number of carbonyl (C=O) groups is 3. The Labute approximate surface area is 182 Å². The number of ketones is 1. The average Bonchev–Trinajstić information content (AvgIpc) is 2.77. The van der Waals surface area contributed by atoms with Gasteiger partial charge in [0.1, 0.15) is 5.75 Å². The van der Waals surface area contributed by atoms with Crippen LogP contribution in [0.2, 0.25) is 0 Å². The van der Waals surface area contributed by atoms with Gasteiger partial charge in [-0.1, -0.05) is 65.3 Å². The van der Waals surface area contributed by atoms with Crippen LogP contribution < -0.4 is 4.74 Å². The predicted molar refractivity (Wildman–Crippen MR) is 115 cm³/mol. The molecule has 3 aromatic carbocycles. The van der Waals surface area contributed by atoms with E-state index in [1.165, 1.54) is 7.11 Å². The number of esters is 2. The van der Waals surface area contributed by atoms with E-state index in [1.807, 2.05) is 30.3 Å². The Morgan fingerprint density at radius 2 is 1.73 bits per heavy atom. The van der Waals surface area contributed by atoms with Crippen molar-refractivity contribution in [2.45, 2.75) is 12.8 Å². The second kappa shape index (κ2) is 8.03. The van der Waals surface area contributed by atoms with Gasteiger partial charge in [-0.05, 0) is 29.0 Å². The molecular formula is C24H19BrO5. The van der Waals surface area contributed by atoms with Crippen molar-refractivity contribution in [2.24, 2.45) is 11.8 Å². The number of carbonyl (C=O) groups excluding carboxylic acids is 3. The van der Waals surface area contributed by atoms with Gasteiger partial charge in [0.05, 0.1) is 7.11 Å². The van der Waals surface area contributed by atoms with Gasteiger partial charge in [-0.3, -0.25) is 14.4 Å². The normalized spacial score (nSPS) is 19.0. The molecule has 1 aliphatic rings. The first-order chi connectivity index (χ1) is 14.4. The molecule has 5 nitrogen and oxygen atoms in total. The molecule has 152 valence electrons. The molecule has 0 unspecified atom stereocenters. The van der Waals surface area contributed by atoms with Gasteiger partial charge in [0.25, 0.3) is 0 Å². The molecular weight excluding hydrogens is 448 g/mol. The molecule has 0 aromatic heterocycles. The minimum absolute atomic E-state index is 0.157. The Balaban J connectivity index is 1.90. The Bertz CT molecular complexity index is 1150. The summed E-state index contributed by atoms with van der Waals surface area (Å²) >= 11 is 3.37. The van der Waals surface area contributed by atoms with E-state index in [0.717, 1.165) is 15.2 Å². The molecule has 0 radical (unpaired) electrons. The van der Waals surface area contributed by atoms with Crippen LogP contribution in [-0.2, 0) is 14.3 Å². The molecule has 0 bridgehead atoms. The molecule has 4 rings (SSSR count). The quantitative estimate of drug-likeness (QED) is 0.236. The molecule has 0 fully saturated rings. The highest BCUT2D eigenvalue weighted by molar-refractivity contribution is 9.10. The molecule has 3 aromatic rings. The zero-order chi connectivity index (χ0) is 21.4. The second-order valence-electron chi connectivity index (χ2n) is 7.31. The highest BCUT2D eigenvalue weighted by Crippen LogP contribution is 2.47.